The zero-order valence-electron chi connectivity index (χ0n) is 30.0. The number of benzene rings is 8. The van der Waals surface area contributed by atoms with E-state index in [1.165, 1.54) is 27.5 Å². The molecule has 3 nitrogen and oxygen atoms in total. The molecule has 2 heterocycles. The number of hydrogen-bond acceptors (Lipinski definition) is 3. The van der Waals surface area contributed by atoms with Crippen molar-refractivity contribution in [3.63, 3.8) is 0 Å². The number of furan rings is 1. The van der Waals surface area contributed by atoms with Crippen LogP contribution in [0.4, 0.5) is 17.1 Å². The number of rotatable bonds is 6. The highest BCUT2D eigenvalue weighted by Gasteiger charge is 2.32. The van der Waals surface area contributed by atoms with Crippen molar-refractivity contribution in [3.8, 4) is 39.1 Å². The summed E-state index contributed by atoms with van der Waals surface area (Å²) >= 11 is 0. The van der Waals surface area contributed by atoms with Gasteiger partial charge in [-0.05, 0) is 93.2 Å². The first-order valence-corrected chi connectivity index (χ1v) is 18.9. The van der Waals surface area contributed by atoms with Gasteiger partial charge in [-0.15, -0.1) is 0 Å². The molecule has 9 aromatic rings. The third-order valence-corrected chi connectivity index (χ3v) is 11.2. The Labute approximate surface area is 319 Å². The lowest BCUT2D eigenvalue weighted by Crippen LogP contribution is -2.15. The van der Waals surface area contributed by atoms with Gasteiger partial charge in [-0.1, -0.05) is 140 Å². The monoisotopic (exact) mass is 705 g/mol. The Hall–Kier alpha value is -7.10. The molecule has 1 aromatic heterocycles. The molecule has 260 valence electrons. The predicted molar refractivity (Wildman–Crippen MR) is 228 cm³/mol. The lowest BCUT2D eigenvalue weighted by atomic mass is 9.90. The number of hydrogen-bond donors (Lipinski definition) is 0. The summed E-state index contributed by atoms with van der Waals surface area (Å²) in [6.07, 6.45) is 8.65. The lowest BCUT2D eigenvalue weighted by molar-refractivity contribution is 0.269. The largest absolute Gasteiger partial charge is 0.485 e. The van der Waals surface area contributed by atoms with Crippen LogP contribution in [0.3, 0.4) is 0 Å². The van der Waals surface area contributed by atoms with E-state index >= 15 is 0 Å². The van der Waals surface area contributed by atoms with Crippen LogP contribution in [-0.4, -0.2) is 6.10 Å². The van der Waals surface area contributed by atoms with Gasteiger partial charge in [0.15, 0.2) is 0 Å². The highest BCUT2D eigenvalue weighted by molar-refractivity contribution is 6.06. The molecule has 11 rings (SSSR count). The van der Waals surface area contributed by atoms with E-state index in [0.29, 0.717) is 0 Å². The van der Waals surface area contributed by atoms with Crippen molar-refractivity contribution >= 4 is 49.8 Å². The van der Waals surface area contributed by atoms with Crippen LogP contribution in [0.2, 0.25) is 0 Å². The van der Waals surface area contributed by atoms with Crippen LogP contribution in [0.15, 0.2) is 205 Å². The zero-order valence-corrected chi connectivity index (χ0v) is 30.0. The van der Waals surface area contributed by atoms with Crippen LogP contribution in [0.5, 0.6) is 5.75 Å². The molecule has 0 N–H and O–H groups in total. The normalized spacial score (nSPS) is 15.6. The number of nitrogens with zero attached hydrogens (tertiary/aromatic N) is 1. The third kappa shape index (κ3) is 5.35. The Balaban J connectivity index is 1.04. The summed E-state index contributed by atoms with van der Waals surface area (Å²) in [5.41, 5.74) is 13.2. The zero-order chi connectivity index (χ0) is 36.3. The maximum absolute atomic E-state index is 6.45. The number of para-hydroxylation sites is 2. The lowest BCUT2D eigenvalue weighted by Gasteiger charge is -2.28. The summed E-state index contributed by atoms with van der Waals surface area (Å²) in [4.78, 5) is 2.37. The fourth-order valence-electron chi connectivity index (χ4n) is 8.55. The van der Waals surface area contributed by atoms with Crippen LogP contribution >= 0.6 is 0 Å². The average molecular weight is 706 g/mol. The van der Waals surface area contributed by atoms with E-state index in [-0.39, 0.29) is 12.0 Å². The SMILES string of the molecule is C1=CC2Oc3ccc(-c4ccccc4N(c4cccc(-c5ccc(-c6cccc7ccccc67)cc5)c4)c4ccc5c(c4)oc4ccccc45)cc3C2C=C1. The van der Waals surface area contributed by atoms with E-state index in [1.807, 2.05) is 12.1 Å². The second kappa shape index (κ2) is 12.8. The Kier molecular flexibility index (Phi) is 7.31. The highest BCUT2D eigenvalue weighted by Crippen LogP contribution is 2.47. The van der Waals surface area contributed by atoms with E-state index in [0.717, 1.165) is 67.0 Å². The molecule has 0 saturated carbocycles. The summed E-state index contributed by atoms with van der Waals surface area (Å²) < 4.78 is 12.8. The molecule has 2 unspecified atom stereocenters. The minimum absolute atomic E-state index is 0.0429. The van der Waals surface area contributed by atoms with Crippen molar-refractivity contribution in [2.45, 2.75) is 12.0 Å². The molecule has 3 heteroatoms. The van der Waals surface area contributed by atoms with Gasteiger partial charge in [0.25, 0.3) is 0 Å². The summed E-state index contributed by atoms with van der Waals surface area (Å²) in [5.74, 6) is 1.17. The minimum atomic E-state index is 0.0429. The third-order valence-electron chi connectivity index (χ3n) is 11.2. The van der Waals surface area contributed by atoms with E-state index in [9.17, 15) is 0 Å². The summed E-state index contributed by atoms with van der Waals surface area (Å²) in [7, 11) is 0. The Morgan fingerprint density at radius 1 is 0.436 bits per heavy atom. The van der Waals surface area contributed by atoms with Gasteiger partial charge >= 0.3 is 0 Å². The fourth-order valence-corrected chi connectivity index (χ4v) is 8.55. The van der Waals surface area contributed by atoms with Crippen molar-refractivity contribution < 1.29 is 9.15 Å². The van der Waals surface area contributed by atoms with Crippen LogP contribution in [0.1, 0.15) is 11.5 Å². The van der Waals surface area contributed by atoms with E-state index in [2.05, 4.69) is 193 Å². The van der Waals surface area contributed by atoms with Gasteiger partial charge in [-0.3, -0.25) is 0 Å². The molecule has 55 heavy (non-hydrogen) atoms. The van der Waals surface area contributed by atoms with Crippen LogP contribution in [0, 0.1) is 0 Å². The molecular formula is C52H35NO2. The van der Waals surface area contributed by atoms with E-state index < -0.39 is 0 Å². The number of allylic oxidation sites excluding steroid dienone is 2. The first kappa shape index (κ1) is 31.4. The molecule has 0 radical (unpaired) electrons. The van der Waals surface area contributed by atoms with Crippen molar-refractivity contribution in [3.05, 3.63) is 206 Å². The molecule has 0 bridgehead atoms. The second-order valence-electron chi connectivity index (χ2n) is 14.4. The van der Waals surface area contributed by atoms with E-state index in [4.69, 9.17) is 9.15 Å². The van der Waals surface area contributed by atoms with Gasteiger partial charge in [0.2, 0.25) is 0 Å². The van der Waals surface area contributed by atoms with Gasteiger partial charge in [0.05, 0.1) is 5.69 Å². The van der Waals surface area contributed by atoms with Gasteiger partial charge in [0, 0.05) is 45.3 Å². The molecule has 1 aliphatic carbocycles. The van der Waals surface area contributed by atoms with Crippen molar-refractivity contribution in [1.29, 1.82) is 0 Å². The average Bonchev–Trinajstić information content (AvgIpc) is 3.82. The van der Waals surface area contributed by atoms with Gasteiger partial charge in [-0.2, -0.15) is 0 Å². The minimum Gasteiger partial charge on any atom is -0.485 e. The van der Waals surface area contributed by atoms with Crippen LogP contribution in [-0.2, 0) is 0 Å². The summed E-state index contributed by atoms with van der Waals surface area (Å²) in [5, 5.41) is 4.74. The quantitative estimate of drug-likeness (QED) is 0.172. The second-order valence-corrected chi connectivity index (χ2v) is 14.4. The van der Waals surface area contributed by atoms with Crippen LogP contribution in [0.25, 0.3) is 66.1 Å². The number of anilines is 3. The summed E-state index contributed by atoms with van der Waals surface area (Å²) in [6, 6.07) is 63.1. The van der Waals surface area contributed by atoms with Crippen molar-refractivity contribution in [2.24, 2.45) is 0 Å². The molecular weight excluding hydrogens is 671 g/mol. The first-order chi connectivity index (χ1) is 27.2. The Bertz CT molecular complexity index is 2980. The maximum atomic E-state index is 6.45. The van der Waals surface area contributed by atoms with Crippen molar-refractivity contribution in [1.82, 2.24) is 0 Å². The molecule has 0 amide bonds. The van der Waals surface area contributed by atoms with Crippen LogP contribution < -0.4 is 9.64 Å². The smallest absolute Gasteiger partial charge is 0.137 e. The molecule has 8 aromatic carbocycles. The highest BCUT2D eigenvalue weighted by atomic mass is 16.5. The molecule has 1 aliphatic heterocycles. The summed E-state index contributed by atoms with van der Waals surface area (Å²) in [6.45, 7) is 0. The van der Waals surface area contributed by atoms with Gasteiger partial charge in [-0.25, -0.2) is 0 Å². The maximum Gasteiger partial charge on any atom is 0.137 e. The van der Waals surface area contributed by atoms with Gasteiger partial charge in [0.1, 0.15) is 23.0 Å². The Morgan fingerprint density at radius 2 is 1.15 bits per heavy atom. The molecule has 2 atom stereocenters. The Morgan fingerprint density at radius 3 is 2.09 bits per heavy atom. The molecule has 0 saturated heterocycles. The molecule has 0 fully saturated rings. The van der Waals surface area contributed by atoms with Crippen molar-refractivity contribution in [2.75, 3.05) is 4.90 Å². The predicted octanol–water partition coefficient (Wildman–Crippen LogP) is 14.2. The van der Waals surface area contributed by atoms with E-state index in [1.54, 1.807) is 0 Å². The standard InChI is InChI=1S/C52H35NO2/c1-2-15-41-35(11-1)12-10-19-42(41)36-25-23-34(24-26-36)37-13-9-14-39(31-37)53(40-28-29-46-44-17-4-7-21-49(44)55-52(46)33-40)48-20-6-3-16-43(48)38-27-30-51-47(32-38)45-18-5-8-22-50(45)54-51/h1-33,45,50H. The molecule has 0 spiro atoms. The molecule has 2 aliphatic rings. The number of fused-ring (bicyclic) bond motifs is 7. The first-order valence-electron chi connectivity index (χ1n) is 18.9. The fraction of sp³-hybridized carbons (Fsp3) is 0.0385. The van der Waals surface area contributed by atoms with Gasteiger partial charge < -0.3 is 14.1 Å². The number of ether oxygens (including phenoxy) is 1. The topological polar surface area (TPSA) is 25.6 Å².